The van der Waals surface area contributed by atoms with Gasteiger partial charge in [0.15, 0.2) is 0 Å². The highest BCUT2D eigenvalue weighted by Crippen LogP contribution is 2.10. The molecule has 3 nitrogen and oxygen atoms in total. The minimum Gasteiger partial charge on any atom is -0.446 e. The standard InChI is InChI=1S/C13H19NO2/c1-3-8-12(4-2)16-13(15)14-11-9-6-5-7-10-11/h5-7,9-10,12H,3-4,8H2,1-2H3,(H,14,15). The third-order valence-electron chi connectivity index (χ3n) is 2.36. The third kappa shape index (κ3) is 4.34. The van der Waals surface area contributed by atoms with Gasteiger partial charge in [-0.2, -0.15) is 0 Å². The van der Waals surface area contributed by atoms with Crippen LogP contribution in [0.5, 0.6) is 0 Å². The van der Waals surface area contributed by atoms with E-state index in [0.717, 1.165) is 24.9 Å². The fourth-order valence-electron chi connectivity index (χ4n) is 1.49. The molecule has 0 aliphatic heterocycles. The lowest BCUT2D eigenvalue weighted by Gasteiger charge is -2.15. The van der Waals surface area contributed by atoms with Gasteiger partial charge in [-0.05, 0) is 25.0 Å². The summed E-state index contributed by atoms with van der Waals surface area (Å²) in [7, 11) is 0. The van der Waals surface area contributed by atoms with E-state index >= 15 is 0 Å². The van der Waals surface area contributed by atoms with Crippen LogP contribution < -0.4 is 5.32 Å². The Balaban J connectivity index is 2.41. The molecule has 0 fully saturated rings. The molecular formula is C13H19NO2. The molecule has 1 atom stereocenters. The van der Waals surface area contributed by atoms with Crippen LogP contribution in [0.3, 0.4) is 0 Å². The van der Waals surface area contributed by atoms with Gasteiger partial charge in [0.2, 0.25) is 0 Å². The van der Waals surface area contributed by atoms with Crippen LogP contribution in [-0.4, -0.2) is 12.2 Å². The normalized spacial score (nSPS) is 11.9. The van der Waals surface area contributed by atoms with E-state index in [1.54, 1.807) is 0 Å². The summed E-state index contributed by atoms with van der Waals surface area (Å²) in [5, 5.41) is 2.70. The molecule has 1 aromatic rings. The first kappa shape index (κ1) is 12.6. The Kier molecular flexibility index (Phi) is 5.40. The van der Waals surface area contributed by atoms with Crippen LogP contribution in [0, 0.1) is 0 Å². The van der Waals surface area contributed by atoms with Crippen LogP contribution in [0.1, 0.15) is 33.1 Å². The second-order valence-electron chi connectivity index (χ2n) is 3.72. The zero-order chi connectivity index (χ0) is 11.8. The van der Waals surface area contributed by atoms with Crippen LogP contribution in [0.25, 0.3) is 0 Å². The van der Waals surface area contributed by atoms with Gasteiger partial charge in [-0.1, -0.05) is 38.5 Å². The maximum Gasteiger partial charge on any atom is 0.411 e. The van der Waals surface area contributed by atoms with Crippen LogP contribution in [-0.2, 0) is 4.74 Å². The number of hydrogen-bond acceptors (Lipinski definition) is 2. The van der Waals surface area contributed by atoms with Gasteiger partial charge in [-0.15, -0.1) is 0 Å². The third-order valence-corrected chi connectivity index (χ3v) is 2.36. The number of rotatable bonds is 5. The number of hydrogen-bond donors (Lipinski definition) is 1. The fourth-order valence-corrected chi connectivity index (χ4v) is 1.49. The summed E-state index contributed by atoms with van der Waals surface area (Å²) in [5.74, 6) is 0. The van der Waals surface area contributed by atoms with Crippen molar-refractivity contribution in [1.29, 1.82) is 0 Å². The molecule has 0 aliphatic carbocycles. The first-order valence-electron chi connectivity index (χ1n) is 5.79. The van der Waals surface area contributed by atoms with Crippen molar-refractivity contribution in [3.8, 4) is 0 Å². The summed E-state index contributed by atoms with van der Waals surface area (Å²) in [4.78, 5) is 11.5. The van der Waals surface area contributed by atoms with Crippen molar-refractivity contribution in [2.75, 3.05) is 5.32 Å². The predicted octanol–water partition coefficient (Wildman–Crippen LogP) is 3.81. The summed E-state index contributed by atoms with van der Waals surface area (Å²) in [5.41, 5.74) is 0.763. The fraction of sp³-hybridized carbons (Fsp3) is 0.462. The van der Waals surface area contributed by atoms with Gasteiger partial charge in [0.05, 0.1) is 0 Å². The van der Waals surface area contributed by atoms with Crippen LogP contribution in [0.4, 0.5) is 10.5 Å². The summed E-state index contributed by atoms with van der Waals surface area (Å²) in [6, 6.07) is 9.32. The minimum absolute atomic E-state index is 0.0220. The number of benzene rings is 1. The lowest BCUT2D eigenvalue weighted by atomic mass is 10.2. The van der Waals surface area contributed by atoms with Gasteiger partial charge >= 0.3 is 6.09 Å². The molecule has 3 heteroatoms. The number of nitrogens with one attached hydrogen (secondary N) is 1. The highest BCUT2D eigenvalue weighted by Gasteiger charge is 2.11. The molecule has 0 saturated heterocycles. The molecule has 1 unspecified atom stereocenters. The number of amides is 1. The topological polar surface area (TPSA) is 38.3 Å². The highest BCUT2D eigenvalue weighted by atomic mass is 16.6. The van der Waals surface area contributed by atoms with E-state index in [0.29, 0.717) is 0 Å². The summed E-state index contributed by atoms with van der Waals surface area (Å²) in [6.45, 7) is 4.11. The SMILES string of the molecule is CCCC(CC)OC(=O)Nc1ccccc1. The second-order valence-corrected chi connectivity index (χ2v) is 3.72. The van der Waals surface area contributed by atoms with Crippen LogP contribution >= 0.6 is 0 Å². The first-order valence-corrected chi connectivity index (χ1v) is 5.79. The Labute approximate surface area is 96.8 Å². The smallest absolute Gasteiger partial charge is 0.411 e. The molecule has 0 bridgehead atoms. The molecule has 0 saturated carbocycles. The van der Waals surface area contributed by atoms with E-state index in [4.69, 9.17) is 4.74 Å². The Morgan fingerprint density at radius 2 is 2.00 bits per heavy atom. The van der Waals surface area contributed by atoms with E-state index in [1.165, 1.54) is 0 Å². The number of anilines is 1. The molecule has 0 heterocycles. The average Bonchev–Trinajstić information content (AvgIpc) is 2.29. The minimum atomic E-state index is -0.369. The molecule has 1 N–H and O–H groups in total. The van der Waals surface area contributed by atoms with Gasteiger partial charge in [0.1, 0.15) is 6.10 Å². The number of para-hydroxylation sites is 1. The molecule has 1 aromatic carbocycles. The number of carbonyl (C=O) groups is 1. The van der Waals surface area contributed by atoms with Crippen molar-refractivity contribution in [2.45, 2.75) is 39.2 Å². The Bertz CT molecular complexity index is 311. The van der Waals surface area contributed by atoms with Crippen molar-refractivity contribution in [2.24, 2.45) is 0 Å². The molecule has 0 aromatic heterocycles. The molecule has 16 heavy (non-hydrogen) atoms. The summed E-state index contributed by atoms with van der Waals surface area (Å²) >= 11 is 0. The first-order chi connectivity index (χ1) is 7.76. The molecule has 88 valence electrons. The zero-order valence-electron chi connectivity index (χ0n) is 9.90. The van der Waals surface area contributed by atoms with Crippen molar-refractivity contribution >= 4 is 11.8 Å². The van der Waals surface area contributed by atoms with Gasteiger partial charge in [-0.25, -0.2) is 4.79 Å². The molecule has 1 rings (SSSR count). The van der Waals surface area contributed by atoms with Crippen molar-refractivity contribution in [3.05, 3.63) is 30.3 Å². The van der Waals surface area contributed by atoms with Crippen LogP contribution in [0.2, 0.25) is 0 Å². The summed E-state index contributed by atoms with van der Waals surface area (Å²) < 4.78 is 5.29. The predicted molar refractivity (Wildman–Crippen MR) is 65.5 cm³/mol. The monoisotopic (exact) mass is 221 g/mol. The number of carbonyl (C=O) groups excluding carboxylic acids is 1. The van der Waals surface area contributed by atoms with Crippen molar-refractivity contribution in [1.82, 2.24) is 0 Å². The summed E-state index contributed by atoms with van der Waals surface area (Å²) in [6.07, 6.45) is 2.45. The van der Waals surface area contributed by atoms with E-state index in [-0.39, 0.29) is 12.2 Å². The lowest BCUT2D eigenvalue weighted by molar-refractivity contribution is 0.102. The van der Waals surface area contributed by atoms with Gasteiger partial charge in [-0.3, -0.25) is 5.32 Å². The second kappa shape index (κ2) is 6.88. The maximum absolute atomic E-state index is 11.5. The Hall–Kier alpha value is -1.51. The Morgan fingerprint density at radius 1 is 1.31 bits per heavy atom. The average molecular weight is 221 g/mol. The molecular weight excluding hydrogens is 202 g/mol. The zero-order valence-corrected chi connectivity index (χ0v) is 9.90. The Morgan fingerprint density at radius 3 is 2.56 bits per heavy atom. The maximum atomic E-state index is 11.5. The van der Waals surface area contributed by atoms with Gasteiger partial charge in [0.25, 0.3) is 0 Å². The van der Waals surface area contributed by atoms with Crippen molar-refractivity contribution < 1.29 is 9.53 Å². The number of ether oxygens (including phenoxy) is 1. The largest absolute Gasteiger partial charge is 0.446 e. The van der Waals surface area contributed by atoms with Gasteiger partial charge in [0, 0.05) is 5.69 Å². The van der Waals surface area contributed by atoms with E-state index < -0.39 is 0 Å². The molecule has 0 aliphatic rings. The highest BCUT2D eigenvalue weighted by molar-refractivity contribution is 5.84. The van der Waals surface area contributed by atoms with Gasteiger partial charge < -0.3 is 4.74 Å². The quantitative estimate of drug-likeness (QED) is 0.821. The molecule has 1 amide bonds. The molecule has 0 radical (unpaired) electrons. The van der Waals surface area contributed by atoms with Crippen molar-refractivity contribution in [3.63, 3.8) is 0 Å². The van der Waals surface area contributed by atoms with E-state index in [1.807, 2.05) is 37.3 Å². The lowest BCUT2D eigenvalue weighted by Crippen LogP contribution is -2.21. The van der Waals surface area contributed by atoms with E-state index in [9.17, 15) is 4.79 Å². The van der Waals surface area contributed by atoms with Crippen LogP contribution in [0.15, 0.2) is 30.3 Å². The molecule has 0 spiro atoms. The van der Waals surface area contributed by atoms with E-state index in [2.05, 4.69) is 12.2 Å².